The molecule has 0 amide bonds. The van der Waals surface area contributed by atoms with E-state index < -0.39 is 13.3 Å². The quantitative estimate of drug-likeness (QED) is 0.112. The van der Waals surface area contributed by atoms with E-state index in [0.29, 0.717) is 16.8 Å². The second-order valence-electron chi connectivity index (χ2n) is 17.9. The zero-order valence-electron chi connectivity index (χ0n) is 37.4. The van der Waals surface area contributed by atoms with Gasteiger partial charge < -0.3 is 4.57 Å². The van der Waals surface area contributed by atoms with Gasteiger partial charge in [0.1, 0.15) is 10.6 Å². The van der Waals surface area contributed by atoms with Crippen LogP contribution >= 0.6 is 11.3 Å². The number of hydrogen-bond donors (Lipinski definition) is 0. The summed E-state index contributed by atoms with van der Waals surface area (Å²) < 4.78 is 19.7. The Balaban J connectivity index is 0.000000221. The van der Waals surface area contributed by atoms with E-state index in [9.17, 15) is 4.39 Å². The number of rotatable bonds is 8. The maximum Gasteiger partial charge on any atom is 0.132 e. The second kappa shape index (κ2) is 19.0. The van der Waals surface area contributed by atoms with Gasteiger partial charge in [0.15, 0.2) is 0 Å². The number of fused-ring (bicyclic) bond motifs is 5. The number of thiophene rings is 1. The minimum absolute atomic E-state index is 0. The summed E-state index contributed by atoms with van der Waals surface area (Å²) in [5.74, 6) is 8.52. The molecule has 11 aromatic rings. The molecule has 4 nitrogen and oxygen atoms in total. The van der Waals surface area contributed by atoms with Gasteiger partial charge in [-0.25, -0.2) is 9.37 Å². The Kier molecular flexibility index (Phi) is 13.0. The molecule has 0 fully saturated rings. The molecule has 11 rings (SSSR count). The molecule has 0 saturated heterocycles. The van der Waals surface area contributed by atoms with Gasteiger partial charge in [-0.05, 0) is 46.2 Å². The molecule has 66 heavy (non-hydrogen) atoms. The number of benzene rings is 7. The Bertz CT molecular complexity index is 3430. The van der Waals surface area contributed by atoms with Gasteiger partial charge in [-0.3, -0.25) is 4.98 Å². The normalized spacial score (nSPS) is 11.6. The molecule has 7 aromatic carbocycles. The smallest absolute Gasteiger partial charge is 0.132 e. The number of halogens is 1. The fraction of sp³-hybridized carbons (Fsp3) is 0.121. The van der Waals surface area contributed by atoms with E-state index in [2.05, 4.69) is 151 Å². The minimum Gasteiger partial charge on any atom is -0.332 e. The monoisotopic (exact) mass is 1120 g/mol. The van der Waals surface area contributed by atoms with Gasteiger partial charge >= 0.3 is 126 Å². The first-order valence-corrected chi connectivity index (χ1v) is 30.3. The number of pyridine rings is 2. The van der Waals surface area contributed by atoms with Crippen molar-refractivity contribution in [2.45, 2.75) is 37.5 Å². The molecule has 0 aliphatic rings. The Morgan fingerprint density at radius 3 is 2.00 bits per heavy atom. The molecule has 0 aliphatic carbocycles. The van der Waals surface area contributed by atoms with Gasteiger partial charge in [-0.2, -0.15) is 11.3 Å². The molecule has 4 heterocycles. The van der Waals surface area contributed by atoms with Crippen molar-refractivity contribution in [3.63, 3.8) is 0 Å². The van der Waals surface area contributed by atoms with Gasteiger partial charge in [0.2, 0.25) is 0 Å². The molecule has 327 valence electrons. The zero-order chi connectivity index (χ0) is 44.7. The number of imidazole rings is 1. The van der Waals surface area contributed by atoms with Crippen molar-refractivity contribution in [3.05, 3.63) is 200 Å². The van der Waals surface area contributed by atoms with Gasteiger partial charge in [-0.15, -0.1) is 18.2 Å². The van der Waals surface area contributed by atoms with Crippen molar-refractivity contribution < 1.29 is 24.5 Å². The van der Waals surface area contributed by atoms with Crippen molar-refractivity contribution in [3.8, 4) is 50.6 Å². The van der Waals surface area contributed by atoms with Crippen LogP contribution < -0.4 is 4.40 Å². The van der Waals surface area contributed by atoms with Gasteiger partial charge in [0.25, 0.3) is 0 Å². The van der Waals surface area contributed by atoms with Crippen molar-refractivity contribution in [1.29, 1.82) is 0 Å². The summed E-state index contributed by atoms with van der Waals surface area (Å²) in [6, 6.07) is 64.0. The van der Waals surface area contributed by atoms with Crippen LogP contribution in [0.4, 0.5) is 4.39 Å². The van der Waals surface area contributed by atoms with Crippen LogP contribution in [0.5, 0.6) is 0 Å². The van der Waals surface area contributed by atoms with Crippen molar-refractivity contribution >= 4 is 71.2 Å². The molecule has 0 bridgehead atoms. The minimum atomic E-state index is -1.86. The Morgan fingerprint density at radius 1 is 0.652 bits per heavy atom. The molecular weight excluding hydrogens is 1070 g/mol. The van der Waals surface area contributed by atoms with Crippen LogP contribution in [0.1, 0.15) is 19.4 Å². The van der Waals surface area contributed by atoms with E-state index in [4.69, 9.17) is 15.0 Å². The SMILES string of the molecule is CC(C)Cc1cc(-c2[c-]cccc2)nc[c]1[Ge]([CH3])([CH3])[CH3].Fc1cccc2nc3sc4c(-c5nc6ccccc6n5-c5c(-c6ccccc6)cccc5-c5ccccc5)[c-]ccc4c3cc12.[Ir]. The van der Waals surface area contributed by atoms with Crippen LogP contribution in [-0.2, 0) is 26.5 Å². The Hall–Kier alpha value is -6.09. The van der Waals surface area contributed by atoms with E-state index >= 15 is 0 Å². The van der Waals surface area contributed by atoms with Crippen molar-refractivity contribution in [1.82, 2.24) is 19.5 Å². The van der Waals surface area contributed by atoms with Crippen molar-refractivity contribution in [2.75, 3.05) is 0 Å². The van der Waals surface area contributed by atoms with Gasteiger partial charge in [0.05, 0.1) is 28.1 Å². The molecule has 0 N–H and O–H groups in total. The fourth-order valence-corrected chi connectivity index (χ4v) is 13.4. The first-order valence-electron chi connectivity index (χ1n) is 22.1. The van der Waals surface area contributed by atoms with Crippen LogP contribution in [0.25, 0.3) is 92.8 Å². The van der Waals surface area contributed by atoms with Crippen LogP contribution in [0.2, 0.25) is 17.3 Å². The molecule has 0 saturated carbocycles. The third kappa shape index (κ3) is 8.81. The van der Waals surface area contributed by atoms with E-state index in [0.717, 1.165) is 88.3 Å². The number of para-hydroxylation sites is 3. The second-order valence-corrected chi connectivity index (χ2v) is 29.5. The third-order valence-electron chi connectivity index (χ3n) is 11.8. The summed E-state index contributed by atoms with van der Waals surface area (Å²) in [5, 5.41) is 2.47. The molecule has 1 radical (unpaired) electrons. The van der Waals surface area contributed by atoms with Crippen LogP contribution in [0.3, 0.4) is 0 Å². The Labute approximate surface area is 406 Å². The van der Waals surface area contributed by atoms with Gasteiger partial charge in [-0.1, -0.05) is 108 Å². The summed E-state index contributed by atoms with van der Waals surface area (Å²) in [5.41, 5.74) is 12.6. The largest absolute Gasteiger partial charge is 0.332 e. The summed E-state index contributed by atoms with van der Waals surface area (Å²) in [6.45, 7) is 4.57. The summed E-state index contributed by atoms with van der Waals surface area (Å²) in [4.78, 5) is 15.7. The number of hydrogen-bond acceptors (Lipinski definition) is 4. The predicted octanol–water partition coefficient (Wildman–Crippen LogP) is 15.2. The summed E-state index contributed by atoms with van der Waals surface area (Å²) in [7, 11) is 0. The molecule has 0 aliphatic heterocycles. The number of nitrogens with zero attached hydrogens (tertiary/aromatic N) is 4. The molecule has 0 spiro atoms. The predicted molar refractivity (Wildman–Crippen MR) is 274 cm³/mol. The first kappa shape index (κ1) is 45.1. The van der Waals surface area contributed by atoms with Crippen LogP contribution in [0.15, 0.2) is 176 Å². The zero-order valence-corrected chi connectivity index (χ0v) is 42.7. The summed E-state index contributed by atoms with van der Waals surface area (Å²) >= 11 is -0.257. The van der Waals surface area contributed by atoms with Gasteiger partial charge in [0, 0.05) is 42.0 Å². The maximum atomic E-state index is 14.8. The first-order chi connectivity index (χ1) is 31.6. The molecule has 0 unspecified atom stereocenters. The van der Waals surface area contributed by atoms with Crippen molar-refractivity contribution in [2.24, 2.45) is 5.92 Å². The fourth-order valence-electron chi connectivity index (χ4n) is 8.86. The van der Waals surface area contributed by atoms with Crippen LogP contribution in [0, 0.1) is 23.9 Å². The van der Waals surface area contributed by atoms with E-state index in [1.807, 2.05) is 60.7 Å². The maximum absolute atomic E-state index is 14.8. The average Bonchev–Trinajstić information content (AvgIpc) is 3.89. The topological polar surface area (TPSA) is 43.6 Å². The van der Waals surface area contributed by atoms with E-state index in [1.54, 1.807) is 21.8 Å². The average molecular weight is 1120 g/mol. The third-order valence-corrected chi connectivity index (χ3v) is 17.3. The molecular formula is C58H47FGeIrN4S-2. The molecule has 0 atom stereocenters. The standard InChI is InChI=1S/C40H23FN3S.C18H24GeN.Ir/c41-33-20-11-22-34-32(33)24-31-29-18-10-19-30(38(29)45-40(31)43-34)39-42-35-21-7-8-23-36(35)44(39)37-27(25-12-3-1-4-13-25)16-9-17-28(37)26-14-5-2-6-15-26;1-14(2)11-16-12-18(15-9-7-6-8-10-15)20-13-17(16)19(3,4)5;/h1-18,20-24H;6-9,12-14H,11H2,1-5H3;/q2*-1;. The molecule has 4 aromatic heterocycles. The molecule has 8 heteroatoms. The summed E-state index contributed by atoms with van der Waals surface area (Å²) in [6.07, 6.45) is 3.27. The van der Waals surface area contributed by atoms with E-state index in [1.165, 1.54) is 11.6 Å². The van der Waals surface area contributed by atoms with E-state index in [-0.39, 0.29) is 25.9 Å². The van der Waals surface area contributed by atoms with Crippen LogP contribution in [-0.4, -0.2) is 32.8 Å². The number of aromatic nitrogens is 4. The Morgan fingerprint density at radius 2 is 1.32 bits per heavy atom.